The van der Waals surface area contributed by atoms with Crippen LogP contribution in [0.3, 0.4) is 0 Å². The molecule has 1 saturated heterocycles. The predicted molar refractivity (Wildman–Crippen MR) is 85.9 cm³/mol. The number of rotatable bonds is 6. The van der Waals surface area contributed by atoms with Crippen LogP contribution in [0.5, 0.6) is 0 Å². The maximum Gasteiger partial charge on any atom is 0.242 e. The Balaban J connectivity index is 1.75. The monoisotopic (exact) mass is 329 g/mol. The van der Waals surface area contributed by atoms with Gasteiger partial charge in [0.25, 0.3) is 0 Å². The molecule has 1 aliphatic heterocycles. The highest BCUT2D eigenvalue weighted by Gasteiger charge is 2.32. The van der Waals surface area contributed by atoms with Gasteiger partial charge >= 0.3 is 0 Å². The summed E-state index contributed by atoms with van der Waals surface area (Å²) in [6.07, 6.45) is 6.20. The zero-order valence-electron chi connectivity index (χ0n) is 12.3. The molecular weight excluding hydrogens is 306 g/mol. The van der Waals surface area contributed by atoms with Gasteiger partial charge in [0.05, 0.1) is 4.90 Å². The van der Waals surface area contributed by atoms with Crippen molar-refractivity contribution in [2.45, 2.75) is 54.8 Å². The van der Waals surface area contributed by atoms with Crippen molar-refractivity contribution < 1.29 is 8.42 Å². The van der Waals surface area contributed by atoms with E-state index in [4.69, 9.17) is 5.73 Å². The second-order valence-corrected chi connectivity index (χ2v) is 9.69. The lowest BCUT2D eigenvalue weighted by molar-refractivity contribution is 0.552. The third-order valence-electron chi connectivity index (χ3n) is 4.30. The van der Waals surface area contributed by atoms with E-state index in [1.165, 1.54) is 0 Å². The Bertz CT molecular complexity index is 614. The molecule has 3 rings (SSSR count). The van der Waals surface area contributed by atoms with E-state index in [1.54, 1.807) is 12.3 Å². The second kappa shape index (κ2) is 5.61. The standard InChI is InChI=1S/C14H23N3O2S2/c1-14(5-2-6-20-14)10-16-21(18,19)13-7-12(8-15)17(9-13)11-3-4-11/h7,9,11,16H,2-6,8,10,15H2,1H3. The van der Waals surface area contributed by atoms with Crippen LogP contribution in [0.2, 0.25) is 0 Å². The molecule has 1 saturated carbocycles. The first-order chi connectivity index (χ1) is 9.93. The van der Waals surface area contributed by atoms with Crippen molar-refractivity contribution in [1.29, 1.82) is 0 Å². The maximum absolute atomic E-state index is 12.5. The van der Waals surface area contributed by atoms with Crippen molar-refractivity contribution >= 4 is 21.8 Å². The van der Waals surface area contributed by atoms with E-state index >= 15 is 0 Å². The van der Waals surface area contributed by atoms with Crippen molar-refractivity contribution in [2.75, 3.05) is 12.3 Å². The van der Waals surface area contributed by atoms with E-state index < -0.39 is 10.0 Å². The van der Waals surface area contributed by atoms with Crippen LogP contribution in [0.1, 0.15) is 44.3 Å². The highest BCUT2D eigenvalue weighted by molar-refractivity contribution is 8.01. The summed E-state index contributed by atoms with van der Waals surface area (Å²) >= 11 is 1.86. The minimum Gasteiger partial charge on any atom is -0.346 e. The molecule has 2 aliphatic rings. The first-order valence-electron chi connectivity index (χ1n) is 7.48. The van der Waals surface area contributed by atoms with E-state index in [2.05, 4.69) is 11.6 Å². The van der Waals surface area contributed by atoms with Crippen LogP contribution in [-0.4, -0.2) is 30.0 Å². The van der Waals surface area contributed by atoms with Crippen LogP contribution >= 0.6 is 11.8 Å². The van der Waals surface area contributed by atoms with Gasteiger partial charge in [-0.1, -0.05) is 0 Å². The summed E-state index contributed by atoms with van der Waals surface area (Å²) in [6, 6.07) is 2.15. The van der Waals surface area contributed by atoms with Crippen LogP contribution in [0.15, 0.2) is 17.2 Å². The molecule has 0 aromatic carbocycles. The Morgan fingerprint density at radius 3 is 2.86 bits per heavy atom. The lowest BCUT2D eigenvalue weighted by Gasteiger charge is -2.22. The molecule has 1 atom stereocenters. The summed E-state index contributed by atoms with van der Waals surface area (Å²) < 4.78 is 29.8. The van der Waals surface area contributed by atoms with Crippen molar-refractivity contribution in [3.05, 3.63) is 18.0 Å². The Labute approximate surface area is 130 Å². The fourth-order valence-electron chi connectivity index (χ4n) is 2.81. The number of sulfonamides is 1. The molecule has 0 bridgehead atoms. The fraction of sp³-hybridized carbons (Fsp3) is 0.714. The molecule has 1 unspecified atom stereocenters. The van der Waals surface area contributed by atoms with Crippen LogP contribution < -0.4 is 10.5 Å². The Morgan fingerprint density at radius 1 is 1.52 bits per heavy atom. The Kier molecular flexibility index (Phi) is 4.11. The molecule has 0 spiro atoms. The largest absolute Gasteiger partial charge is 0.346 e. The summed E-state index contributed by atoms with van der Waals surface area (Å²) in [4.78, 5) is 0.349. The van der Waals surface area contributed by atoms with Gasteiger partial charge in [0.15, 0.2) is 0 Å². The number of nitrogens with one attached hydrogen (secondary N) is 1. The van der Waals surface area contributed by atoms with E-state index in [-0.39, 0.29) is 4.75 Å². The van der Waals surface area contributed by atoms with Crippen LogP contribution in [-0.2, 0) is 16.6 Å². The minimum absolute atomic E-state index is 0.0306. The minimum atomic E-state index is -3.44. The van der Waals surface area contributed by atoms with E-state index in [0.717, 1.165) is 37.1 Å². The quantitative estimate of drug-likeness (QED) is 0.835. The highest BCUT2D eigenvalue weighted by Crippen LogP contribution is 2.38. The molecule has 118 valence electrons. The molecule has 7 heteroatoms. The molecule has 0 radical (unpaired) electrons. The summed E-state index contributed by atoms with van der Waals surface area (Å²) in [5, 5.41) is 0. The van der Waals surface area contributed by atoms with Crippen molar-refractivity contribution in [3.8, 4) is 0 Å². The van der Waals surface area contributed by atoms with Gasteiger partial charge in [0, 0.05) is 35.8 Å². The molecule has 0 amide bonds. The van der Waals surface area contributed by atoms with Gasteiger partial charge in [0.1, 0.15) is 0 Å². The van der Waals surface area contributed by atoms with Crippen molar-refractivity contribution in [3.63, 3.8) is 0 Å². The average molecular weight is 329 g/mol. The SMILES string of the molecule is CC1(CNS(=O)(=O)c2cc(CN)n(C3CC3)c2)CCCS1. The molecule has 2 fully saturated rings. The number of hydrogen-bond donors (Lipinski definition) is 2. The summed E-state index contributed by atoms with van der Waals surface area (Å²) in [5.74, 6) is 1.12. The topological polar surface area (TPSA) is 77.1 Å². The lowest BCUT2D eigenvalue weighted by Crippen LogP contribution is -2.36. The zero-order valence-corrected chi connectivity index (χ0v) is 14.0. The van der Waals surface area contributed by atoms with E-state index in [0.29, 0.717) is 24.0 Å². The van der Waals surface area contributed by atoms with Crippen molar-refractivity contribution in [1.82, 2.24) is 9.29 Å². The predicted octanol–water partition coefficient (Wildman–Crippen LogP) is 1.85. The highest BCUT2D eigenvalue weighted by atomic mass is 32.2. The Hall–Kier alpha value is -0.500. The number of nitrogens with zero attached hydrogens (tertiary/aromatic N) is 1. The molecule has 1 aliphatic carbocycles. The van der Waals surface area contributed by atoms with Crippen LogP contribution in [0, 0.1) is 0 Å². The molecule has 1 aromatic rings. The van der Waals surface area contributed by atoms with Gasteiger partial charge in [-0.15, -0.1) is 0 Å². The van der Waals surface area contributed by atoms with Gasteiger partial charge in [0.2, 0.25) is 10.0 Å². The van der Waals surface area contributed by atoms with Crippen LogP contribution in [0.25, 0.3) is 0 Å². The fourth-order valence-corrected chi connectivity index (χ4v) is 5.36. The van der Waals surface area contributed by atoms with Crippen molar-refractivity contribution in [2.24, 2.45) is 5.73 Å². The molecule has 21 heavy (non-hydrogen) atoms. The molecular formula is C14H23N3O2S2. The molecule has 3 N–H and O–H groups in total. The number of thioether (sulfide) groups is 1. The lowest BCUT2D eigenvalue weighted by atomic mass is 10.1. The summed E-state index contributed by atoms with van der Waals surface area (Å²) in [5.41, 5.74) is 6.63. The molecule has 5 nitrogen and oxygen atoms in total. The normalized spacial score (nSPS) is 26.4. The third-order valence-corrected chi connectivity index (χ3v) is 7.21. The van der Waals surface area contributed by atoms with Gasteiger partial charge in [-0.2, -0.15) is 11.8 Å². The van der Waals surface area contributed by atoms with E-state index in [1.807, 2.05) is 16.3 Å². The summed E-state index contributed by atoms with van der Waals surface area (Å²) in [6.45, 7) is 3.00. The van der Waals surface area contributed by atoms with Gasteiger partial charge in [-0.25, -0.2) is 13.1 Å². The number of aromatic nitrogens is 1. The first-order valence-corrected chi connectivity index (χ1v) is 9.95. The molecule has 1 aromatic heterocycles. The van der Waals surface area contributed by atoms with Crippen LogP contribution in [0.4, 0.5) is 0 Å². The maximum atomic E-state index is 12.5. The molecule has 2 heterocycles. The second-order valence-electron chi connectivity index (χ2n) is 6.24. The average Bonchev–Trinajstić information content (AvgIpc) is 3.05. The number of hydrogen-bond acceptors (Lipinski definition) is 4. The Morgan fingerprint density at radius 2 is 2.29 bits per heavy atom. The smallest absolute Gasteiger partial charge is 0.242 e. The first kappa shape index (κ1) is 15.4. The van der Waals surface area contributed by atoms with Gasteiger partial charge in [-0.3, -0.25) is 0 Å². The summed E-state index contributed by atoms with van der Waals surface area (Å²) in [7, 11) is -3.44. The zero-order chi connectivity index (χ0) is 15.1. The number of nitrogens with two attached hydrogens (primary N) is 1. The van der Waals surface area contributed by atoms with Gasteiger partial charge < -0.3 is 10.3 Å². The third kappa shape index (κ3) is 3.31. The van der Waals surface area contributed by atoms with Gasteiger partial charge in [-0.05, 0) is 44.4 Å². The van der Waals surface area contributed by atoms with E-state index in [9.17, 15) is 8.42 Å².